The van der Waals surface area contributed by atoms with Gasteiger partial charge in [0.25, 0.3) is 0 Å². The van der Waals surface area contributed by atoms with Gasteiger partial charge in [0, 0.05) is 26.6 Å². The number of rotatable bonds is 4. The Labute approximate surface area is 142 Å². The van der Waals surface area contributed by atoms with Crippen LogP contribution in [0, 0.1) is 0 Å². The van der Waals surface area contributed by atoms with Gasteiger partial charge in [-0.2, -0.15) is 0 Å². The lowest BCUT2D eigenvalue weighted by atomic mass is 9.95. The van der Waals surface area contributed by atoms with Crippen LogP contribution in [0.3, 0.4) is 0 Å². The van der Waals surface area contributed by atoms with Gasteiger partial charge in [-0.3, -0.25) is 4.79 Å². The van der Waals surface area contributed by atoms with Crippen molar-refractivity contribution >= 4 is 47.2 Å². The molecule has 0 amide bonds. The van der Waals surface area contributed by atoms with Crippen molar-refractivity contribution in [2.45, 2.75) is 4.90 Å². The first kappa shape index (κ1) is 16.9. The van der Waals surface area contributed by atoms with Gasteiger partial charge in [-0.1, -0.05) is 29.3 Å². The topological polar surface area (TPSA) is 43.4 Å². The maximum atomic E-state index is 12.1. The Morgan fingerprint density at radius 1 is 1.23 bits per heavy atom. The van der Waals surface area contributed by atoms with Crippen molar-refractivity contribution in [2.24, 2.45) is 0 Å². The molecule has 114 valence electrons. The number of hydrogen-bond acceptors (Lipinski definition) is 4. The van der Waals surface area contributed by atoms with Crippen molar-refractivity contribution in [2.75, 3.05) is 13.4 Å². The number of methoxy groups -OCH3 is 1. The molecule has 0 aromatic heterocycles. The predicted molar refractivity (Wildman–Crippen MR) is 90.4 cm³/mol. The first-order valence-electron chi connectivity index (χ1n) is 6.23. The van der Waals surface area contributed by atoms with Crippen LogP contribution in [0.4, 0.5) is 0 Å². The summed E-state index contributed by atoms with van der Waals surface area (Å²) in [5.74, 6) is -0.492. The molecule has 0 bridgehead atoms. The smallest absolute Gasteiger partial charge is 0.338 e. The molecule has 0 saturated carbocycles. The Hall–Kier alpha value is -1.49. The largest absolute Gasteiger partial charge is 0.465 e. The molecule has 2 aromatic carbocycles. The first-order chi connectivity index (χ1) is 10.5. The molecule has 0 unspecified atom stereocenters. The van der Waals surface area contributed by atoms with Crippen molar-refractivity contribution in [3.8, 4) is 11.1 Å². The maximum absolute atomic E-state index is 12.1. The molecule has 6 heteroatoms. The Morgan fingerprint density at radius 3 is 2.55 bits per heavy atom. The number of carbonyl (C=O) groups is 2. The van der Waals surface area contributed by atoms with Gasteiger partial charge in [0.05, 0.1) is 17.7 Å². The predicted octanol–water partition coefficient (Wildman–Crippen LogP) is 4.98. The summed E-state index contributed by atoms with van der Waals surface area (Å²) < 4.78 is 4.83. The zero-order chi connectivity index (χ0) is 16.3. The van der Waals surface area contributed by atoms with Crippen LogP contribution >= 0.6 is 35.0 Å². The molecule has 22 heavy (non-hydrogen) atoms. The fourth-order valence-electron chi connectivity index (χ4n) is 2.19. The third kappa shape index (κ3) is 3.14. The van der Waals surface area contributed by atoms with Crippen LogP contribution in [0.1, 0.15) is 20.7 Å². The number of halogens is 2. The first-order valence-corrected chi connectivity index (χ1v) is 8.21. The van der Waals surface area contributed by atoms with Gasteiger partial charge >= 0.3 is 5.97 Å². The van der Waals surface area contributed by atoms with Crippen molar-refractivity contribution in [1.82, 2.24) is 0 Å². The fraction of sp³-hybridized carbons (Fsp3) is 0.125. The van der Waals surface area contributed by atoms with E-state index < -0.39 is 5.97 Å². The van der Waals surface area contributed by atoms with Crippen LogP contribution in [0.5, 0.6) is 0 Å². The summed E-state index contributed by atoms with van der Waals surface area (Å²) in [5, 5.41) is 0.665. The highest BCUT2D eigenvalue weighted by atomic mass is 35.5. The van der Waals surface area contributed by atoms with E-state index in [2.05, 4.69) is 0 Å². The minimum atomic E-state index is -0.492. The number of ether oxygens (including phenoxy) is 1. The zero-order valence-electron chi connectivity index (χ0n) is 11.9. The summed E-state index contributed by atoms with van der Waals surface area (Å²) in [6.45, 7) is 0. The van der Waals surface area contributed by atoms with Crippen LogP contribution < -0.4 is 0 Å². The standard InChI is InChI=1S/C16H12Cl2O3S/c1-21-16(20)11-4-3-5-13(22-2)15(11)14-9(8-19)6-10(17)7-12(14)18/h3-8H,1-2H3. The molecule has 0 aliphatic rings. The lowest BCUT2D eigenvalue weighted by Gasteiger charge is -2.16. The molecule has 2 aromatic rings. The number of thioether (sulfide) groups is 1. The molecule has 0 aliphatic carbocycles. The molecule has 0 heterocycles. The number of carbonyl (C=O) groups excluding carboxylic acids is 2. The van der Waals surface area contributed by atoms with Crippen LogP contribution in [0.15, 0.2) is 35.2 Å². The molecule has 0 aliphatic heterocycles. The van der Waals surface area contributed by atoms with Gasteiger partial charge in [-0.25, -0.2) is 4.79 Å². The van der Waals surface area contributed by atoms with Crippen LogP contribution in [-0.2, 0) is 4.74 Å². The number of hydrogen-bond donors (Lipinski definition) is 0. The zero-order valence-corrected chi connectivity index (χ0v) is 14.2. The Kier molecular flexibility index (Phi) is 5.51. The van der Waals surface area contributed by atoms with Gasteiger partial charge in [0.15, 0.2) is 6.29 Å². The van der Waals surface area contributed by atoms with Gasteiger partial charge in [-0.15, -0.1) is 11.8 Å². The summed E-state index contributed by atoms with van der Waals surface area (Å²) >= 11 is 13.7. The molecule has 0 spiro atoms. The van der Waals surface area contributed by atoms with E-state index in [1.165, 1.54) is 24.9 Å². The van der Waals surface area contributed by atoms with E-state index in [0.717, 1.165) is 4.90 Å². The van der Waals surface area contributed by atoms with Gasteiger partial charge in [-0.05, 0) is 30.5 Å². The summed E-state index contributed by atoms with van der Waals surface area (Å²) in [6, 6.07) is 8.32. The second-order valence-corrected chi connectivity index (χ2v) is 6.04. The van der Waals surface area contributed by atoms with E-state index >= 15 is 0 Å². The average molecular weight is 355 g/mol. The molecular weight excluding hydrogens is 343 g/mol. The van der Waals surface area contributed by atoms with Crippen molar-refractivity contribution < 1.29 is 14.3 Å². The second-order valence-electron chi connectivity index (χ2n) is 4.34. The maximum Gasteiger partial charge on any atom is 0.338 e. The number of aldehydes is 1. The quantitative estimate of drug-likeness (QED) is 0.441. The van der Waals surface area contributed by atoms with E-state index in [1.807, 2.05) is 12.3 Å². The monoisotopic (exact) mass is 354 g/mol. The summed E-state index contributed by atoms with van der Waals surface area (Å²) in [6.07, 6.45) is 2.55. The van der Waals surface area contributed by atoms with Crippen LogP contribution in [0.25, 0.3) is 11.1 Å². The molecule has 0 radical (unpaired) electrons. The highest BCUT2D eigenvalue weighted by Gasteiger charge is 2.21. The van der Waals surface area contributed by atoms with Crippen molar-refractivity contribution in [1.29, 1.82) is 0 Å². The van der Waals surface area contributed by atoms with E-state index in [4.69, 9.17) is 27.9 Å². The van der Waals surface area contributed by atoms with Gasteiger partial charge < -0.3 is 4.74 Å². The highest BCUT2D eigenvalue weighted by molar-refractivity contribution is 7.98. The molecule has 3 nitrogen and oxygen atoms in total. The van der Waals surface area contributed by atoms with E-state index in [0.29, 0.717) is 38.6 Å². The summed E-state index contributed by atoms with van der Waals surface area (Å²) in [5.41, 5.74) is 1.72. The molecular formula is C16H12Cl2O3S. The third-order valence-corrected chi connectivity index (χ3v) is 4.41. The molecule has 2 rings (SSSR count). The number of benzene rings is 2. The van der Waals surface area contributed by atoms with Crippen LogP contribution in [0.2, 0.25) is 10.0 Å². The number of esters is 1. The molecule has 0 atom stereocenters. The highest BCUT2D eigenvalue weighted by Crippen LogP contribution is 2.40. The SMILES string of the molecule is COC(=O)c1cccc(SC)c1-c1c(Cl)cc(Cl)cc1C=O. The lowest BCUT2D eigenvalue weighted by Crippen LogP contribution is -2.05. The normalized spacial score (nSPS) is 10.4. The van der Waals surface area contributed by atoms with E-state index in [1.54, 1.807) is 18.2 Å². The second kappa shape index (κ2) is 7.18. The molecule has 0 fully saturated rings. The summed E-state index contributed by atoms with van der Waals surface area (Å²) in [4.78, 5) is 24.3. The molecule has 0 saturated heterocycles. The Morgan fingerprint density at radius 2 is 1.95 bits per heavy atom. The fourth-order valence-corrected chi connectivity index (χ4v) is 3.42. The van der Waals surface area contributed by atoms with Crippen molar-refractivity contribution in [3.63, 3.8) is 0 Å². The summed E-state index contributed by atoms with van der Waals surface area (Å²) in [7, 11) is 1.31. The lowest BCUT2D eigenvalue weighted by molar-refractivity contribution is 0.0601. The van der Waals surface area contributed by atoms with E-state index in [-0.39, 0.29) is 0 Å². The minimum Gasteiger partial charge on any atom is -0.465 e. The van der Waals surface area contributed by atoms with Gasteiger partial charge in [0.1, 0.15) is 0 Å². The third-order valence-electron chi connectivity index (χ3n) is 3.11. The average Bonchev–Trinajstić information content (AvgIpc) is 2.52. The van der Waals surface area contributed by atoms with Gasteiger partial charge in [0.2, 0.25) is 0 Å². The minimum absolute atomic E-state index is 0.307. The van der Waals surface area contributed by atoms with E-state index in [9.17, 15) is 9.59 Å². The Bertz CT molecular complexity index is 744. The molecule has 0 N–H and O–H groups in total. The van der Waals surface area contributed by atoms with Crippen LogP contribution in [-0.4, -0.2) is 25.6 Å². The van der Waals surface area contributed by atoms with Crippen molar-refractivity contribution in [3.05, 3.63) is 51.5 Å². The Balaban J connectivity index is 2.87.